The Morgan fingerprint density at radius 3 is 2.43 bits per heavy atom. The topological polar surface area (TPSA) is 66.2 Å². The number of aromatic nitrogens is 3. The third-order valence-electron chi connectivity index (χ3n) is 3.73. The Morgan fingerprint density at radius 2 is 1.83 bits per heavy atom. The molecule has 0 aliphatic carbocycles. The van der Waals surface area contributed by atoms with Gasteiger partial charge in [0.25, 0.3) is 5.82 Å². The maximum absolute atomic E-state index is 13.2. The molecule has 160 valence electrons. The molecule has 0 aliphatic heterocycles. The average molecular weight is 454 g/mol. The van der Waals surface area contributed by atoms with Crippen molar-refractivity contribution in [1.82, 2.24) is 14.7 Å². The lowest BCUT2D eigenvalue weighted by Crippen LogP contribution is -2.29. The zero-order chi connectivity index (χ0) is 22.3. The van der Waals surface area contributed by atoms with Gasteiger partial charge in [0, 0.05) is 11.2 Å². The molecule has 0 aliphatic rings. The number of aryl methyl sites for hydroxylation is 1. The number of ether oxygens (including phenoxy) is 1. The van der Waals surface area contributed by atoms with Crippen molar-refractivity contribution in [2.45, 2.75) is 19.3 Å². The molecule has 0 saturated carbocycles. The summed E-state index contributed by atoms with van der Waals surface area (Å²) in [6.45, 7) is 0.786. The summed E-state index contributed by atoms with van der Waals surface area (Å²) >= 11 is 5.78. The Bertz CT molecular complexity index is 1110. The molecule has 0 saturated heterocycles. The molecule has 0 unspecified atom stereocenters. The zero-order valence-electron chi connectivity index (χ0n) is 14.8. The number of imidazole rings is 1. The number of alkyl halides is 6. The van der Waals surface area contributed by atoms with Gasteiger partial charge in [-0.3, -0.25) is 0 Å². The maximum atomic E-state index is 13.2. The smallest absolute Gasteiger partial charge is 0.453 e. The van der Waals surface area contributed by atoms with E-state index in [1.54, 1.807) is 6.92 Å². The van der Waals surface area contributed by atoms with Crippen LogP contribution in [0.2, 0.25) is 5.02 Å². The molecule has 0 spiro atoms. The fraction of sp³-hybridized carbons (Fsp3) is 0.235. The summed E-state index contributed by atoms with van der Waals surface area (Å²) in [5, 5.41) is 0.398. The molecule has 2 aromatic heterocycles. The molecule has 1 aromatic carbocycles. The number of hydrogen-bond acceptors (Lipinski definition) is 5. The van der Waals surface area contributed by atoms with E-state index < -0.39 is 47.5 Å². The van der Waals surface area contributed by atoms with Gasteiger partial charge in [0.1, 0.15) is 11.3 Å². The molecule has 0 fully saturated rings. The van der Waals surface area contributed by atoms with Gasteiger partial charge >= 0.3 is 18.3 Å². The van der Waals surface area contributed by atoms with E-state index in [-0.39, 0.29) is 10.5 Å². The summed E-state index contributed by atoms with van der Waals surface area (Å²) in [6.07, 6.45) is -9.69. The first-order chi connectivity index (χ1) is 13.9. The Morgan fingerprint density at radius 1 is 1.13 bits per heavy atom. The summed E-state index contributed by atoms with van der Waals surface area (Å²) in [6, 6.07) is 4.77. The minimum absolute atomic E-state index is 0.141. The van der Waals surface area contributed by atoms with E-state index in [1.807, 2.05) is 0 Å². The molecular weight excluding hydrogens is 444 g/mol. The van der Waals surface area contributed by atoms with Crippen LogP contribution in [0.4, 0.5) is 26.3 Å². The van der Waals surface area contributed by atoms with Crippen molar-refractivity contribution < 1.29 is 40.7 Å². The molecule has 2 heterocycles. The largest absolute Gasteiger partial charge is 0.482 e. The molecule has 13 heteroatoms. The highest BCUT2D eigenvalue weighted by atomic mass is 35.5. The number of halogens is 7. The predicted molar refractivity (Wildman–Crippen MR) is 90.8 cm³/mol. The summed E-state index contributed by atoms with van der Waals surface area (Å²) < 4.78 is 83.5. The first-order valence-electron chi connectivity index (χ1n) is 7.99. The van der Waals surface area contributed by atoms with Gasteiger partial charge in [-0.25, -0.2) is 14.8 Å². The quantitative estimate of drug-likeness (QED) is 0.546. The van der Waals surface area contributed by atoms with Gasteiger partial charge in [-0.1, -0.05) is 11.6 Å². The van der Waals surface area contributed by atoms with Crippen LogP contribution in [0.15, 0.2) is 30.5 Å². The molecule has 30 heavy (non-hydrogen) atoms. The van der Waals surface area contributed by atoms with E-state index in [1.165, 1.54) is 18.2 Å². The Labute approximate surface area is 168 Å². The number of carbonyl (C=O) groups excluding carboxylic acids is 1. The first kappa shape index (κ1) is 21.7. The average Bonchev–Trinajstić information content (AvgIpc) is 2.98. The van der Waals surface area contributed by atoms with Crippen LogP contribution < -0.4 is 9.57 Å². The van der Waals surface area contributed by atoms with E-state index in [0.717, 1.165) is 0 Å². The van der Waals surface area contributed by atoms with Crippen LogP contribution in [0.25, 0.3) is 11.2 Å². The first-order valence-corrected chi connectivity index (χ1v) is 8.37. The fourth-order valence-electron chi connectivity index (χ4n) is 2.41. The van der Waals surface area contributed by atoms with Gasteiger partial charge in [-0.2, -0.15) is 26.3 Å². The van der Waals surface area contributed by atoms with Crippen LogP contribution in [0.3, 0.4) is 0 Å². The third-order valence-corrected chi connectivity index (χ3v) is 3.96. The standard InChI is InChI=1S/C17H10ClF6N3O3/c1-8-4-10(18)2-3-12(8)29-7-13(28)30-27-11-5-9(16(19,20)21)6-25-14(11)26-15(27)17(22,23)24/h2-6H,7H2,1H3. The molecule has 6 nitrogen and oxygen atoms in total. The lowest BCUT2D eigenvalue weighted by molar-refractivity contribution is -0.163. The second-order valence-electron chi connectivity index (χ2n) is 5.95. The van der Waals surface area contributed by atoms with Crippen molar-refractivity contribution in [1.29, 1.82) is 0 Å². The number of carbonyl (C=O) groups is 1. The number of benzene rings is 1. The van der Waals surface area contributed by atoms with Crippen molar-refractivity contribution >= 4 is 28.7 Å². The SMILES string of the molecule is Cc1cc(Cl)ccc1OCC(=O)On1c(C(F)(F)F)nc2ncc(C(F)(F)F)cc21. The summed E-state index contributed by atoms with van der Waals surface area (Å²) in [5.74, 6) is -2.85. The van der Waals surface area contributed by atoms with Crippen molar-refractivity contribution in [3.8, 4) is 5.75 Å². The van der Waals surface area contributed by atoms with Gasteiger partial charge in [0.05, 0.1) is 5.56 Å². The van der Waals surface area contributed by atoms with Crippen molar-refractivity contribution in [3.05, 3.63) is 52.4 Å². The highest BCUT2D eigenvalue weighted by Gasteiger charge is 2.40. The lowest BCUT2D eigenvalue weighted by Gasteiger charge is -2.12. The van der Waals surface area contributed by atoms with Crippen LogP contribution in [0.5, 0.6) is 5.75 Å². The highest BCUT2D eigenvalue weighted by molar-refractivity contribution is 6.30. The van der Waals surface area contributed by atoms with Crippen LogP contribution >= 0.6 is 11.6 Å². The summed E-state index contributed by atoms with van der Waals surface area (Å²) in [4.78, 5) is 23.1. The number of nitrogens with zero attached hydrogens (tertiary/aromatic N) is 3. The molecule has 0 bridgehead atoms. The normalized spacial score (nSPS) is 12.3. The van der Waals surface area contributed by atoms with E-state index in [2.05, 4.69) is 14.8 Å². The molecule has 0 atom stereocenters. The highest BCUT2D eigenvalue weighted by Crippen LogP contribution is 2.34. The summed E-state index contributed by atoms with van der Waals surface area (Å²) in [7, 11) is 0. The molecule has 3 rings (SSSR count). The van der Waals surface area contributed by atoms with Gasteiger partial charge in [0.15, 0.2) is 12.3 Å². The number of hydrogen-bond donors (Lipinski definition) is 0. The van der Waals surface area contributed by atoms with Crippen molar-refractivity contribution in [2.24, 2.45) is 0 Å². The minimum Gasteiger partial charge on any atom is -0.482 e. The van der Waals surface area contributed by atoms with Crippen LogP contribution in [0.1, 0.15) is 17.0 Å². The summed E-state index contributed by atoms with van der Waals surface area (Å²) in [5.41, 5.74) is -2.27. The van der Waals surface area contributed by atoms with E-state index in [4.69, 9.17) is 16.3 Å². The molecular formula is C17H10ClF6N3O3. The van der Waals surface area contributed by atoms with Crippen molar-refractivity contribution in [2.75, 3.05) is 6.61 Å². The predicted octanol–water partition coefficient (Wildman–Crippen LogP) is 4.46. The minimum atomic E-state index is -5.13. The van der Waals surface area contributed by atoms with Crippen LogP contribution in [-0.4, -0.2) is 27.3 Å². The Hall–Kier alpha value is -3.02. The third kappa shape index (κ3) is 4.58. The van der Waals surface area contributed by atoms with E-state index in [9.17, 15) is 31.1 Å². The molecule has 0 N–H and O–H groups in total. The Balaban J connectivity index is 1.91. The lowest BCUT2D eigenvalue weighted by atomic mass is 10.2. The monoisotopic (exact) mass is 453 g/mol. The molecule has 3 aromatic rings. The molecule has 0 amide bonds. The van der Waals surface area contributed by atoms with Crippen LogP contribution in [0, 0.1) is 6.92 Å². The number of fused-ring (bicyclic) bond motifs is 1. The fourth-order valence-corrected chi connectivity index (χ4v) is 2.63. The zero-order valence-corrected chi connectivity index (χ0v) is 15.6. The van der Waals surface area contributed by atoms with E-state index >= 15 is 0 Å². The van der Waals surface area contributed by atoms with Gasteiger partial charge in [0.2, 0.25) is 0 Å². The number of pyridine rings is 1. The van der Waals surface area contributed by atoms with Gasteiger partial charge < -0.3 is 9.57 Å². The van der Waals surface area contributed by atoms with Crippen molar-refractivity contribution in [3.63, 3.8) is 0 Å². The van der Waals surface area contributed by atoms with Crippen LogP contribution in [-0.2, 0) is 17.1 Å². The van der Waals surface area contributed by atoms with Gasteiger partial charge in [-0.05, 0) is 36.8 Å². The number of rotatable bonds is 4. The van der Waals surface area contributed by atoms with E-state index in [0.29, 0.717) is 22.8 Å². The maximum Gasteiger partial charge on any atom is 0.453 e. The molecule has 0 radical (unpaired) electrons. The second kappa shape index (κ2) is 7.67. The van der Waals surface area contributed by atoms with Gasteiger partial charge in [-0.15, -0.1) is 4.73 Å². The Kier molecular flexibility index (Phi) is 5.54. The second-order valence-corrected chi connectivity index (χ2v) is 6.39.